The smallest absolute Gasteiger partial charge is 0.347 e. The van der Waals surface area contributed by atoms with Crippen molar-refractivity contribution in [2.75, 3.05) is 23.8 Å². The zero-order chi connectivity index (χ0) is 30.2. The number of rotatable bonds is 4. The lowest BCUT2D eigenvalue weighted by molar-refractivity contribution is -0.138. The summed E-state index contributed by atoms with van der Waals surface area (Å²) < 4.78 is 5.56. The number of carbonyl (C=O) groups excluding carboxylic acids is 3. The molecule has 44 heavy (non-hydrogen) atoms. The molecule has 3 aliphatic heterocycles. The van der Waals surface area contributed by atoms with Crippen LogP contribution in [0.25, 0.3) is 11.0 Å². The number of Topliss-reactive ketones (excluding diaryl/α,β-unsaturated/α-hetero) is 1. The van der Waals surface area contributed by atoms with Gasteiger partial charge in [0.05, 0.1) is 12.5 Å². The Bertz CT molecular complexity index is 2090. The Morgan fingerprint density at radius 3 is 2.36 bits per heavy atom. The molecule has 0 unspecified atom stereocenters. The zero-order valence-corrected chi connectivity index (χ0v) is 23.8. The fourth-order valence-electron chi connectivity index (χ4n) is 7.89. The van der Waals surface area contributed by atoms with E-state index in [9.17, 15) is 14.4 Å². The van der Waals surface area contributed by atoms with Crippen LogP contribution in [0, 0.1) is 5.92 Å². The number of hydrogen-bond acceptors (Lipinski definition) is 6. The van der Waals surface area contributed by atoms with Crippen LogP contribution in [0.5, 0.6) is 0 Å². The van der Waals surface area contributed by atoms with E-state index in [0.29, 0.717) is 40.0 Å². The van der Waals surface area contributed by atoms with E-state index in [0.717, 1.165) is 5.56 Å². The lowest BCUT2D eigenvalue weighted by atomic mass is 9.58. The summed E-state index contributed by atoms with van der Waals surface area (Å²) in [5.41, 5.74) is -0.426. The van der Waals surface area contributed by atoms with Crippen LogP contribution in [0.15, 0.2) is 118 Å². The van der Waals surface area contributed by atoms with E-state index in [-0.39, 0.29) is 18.0 Å². The Hall–Kier alpha value is -5.34. The number of ketones is 1. The molecule has 0 radical (unpaired) electrons. The van der Waals surface area contributed by atoms with E-state index >= 15 is 4.79 Å². The van der Waals surface area contributed by atoms with Gasteiger partial charge in [-0.25, -0.2) is 4.79 Å². The van der Waals surface area contributed by atoms with Crippen molar-refractivity contribution in [2.24, 2.45) is 5.92 Å². The maximum atomic E-state index is 15.2. The number of carbonyl (C=O) groups is 3. The van der Waals surface area contributed by atoms with E-state index in [1.807, 2.05) is 77.7 Å². The van der Waals surface area contributed by atoms with Crippen LogP contribution >= 0.6 is 0 Å². The maximum absolute atomic E-state index is 15.2. The lowest BCUT2D eigenvalue weighted by Crippen LogP contribution is -2.63. The van der Waals surface area contributed by atoms with Gasteiger partial charge in [-0.05, 0) is 42.4 Å². The fraction of sp³-hybridized carbons (Fsp3) is 0.167. The fourth-order valence-corrected chi connectivity index (χ4v) is 7.89. The number of para-hydroxylation sites is 3. The predicted molar refractivity (Wildman–Crippen MR) is 165 cm³/mol. The largest absolute Gasteiger partial charge is 0.422 e. The van der Waals surface area contributed by atoms with E-state index < -0.39 is 34.2 Å². The van der Waals surface area contributed by atoms with Crippen LogP contribution in [-0.2, 0) is 27.1 Å². The molecular weight excluding hydrogens is 554 g/mol. The average molecular weight is 582 g/mol. The van der Waals surface area contributed by atoms with Gasteiger partial charge in [-0.3, -0.25) is 19.3 Å². The molecule has 8 rings (SSSR count). The molecule has 1 N–H and O–H groups in total. The summed E-state index contributed by atoms with van der Waals surface area (Å²) in [6.07, 6.45) is 0. The molecule has 3 aliphatic rings. The van der Waals surface area contributed by atoms with Gasteiger partial charge in [0.2, 0.25) is 5.91 Å². The highest BCUT2D eigenvalue weighted by atomic mass is 16.4. The normalized spacial score (nSPS) is 23.8. The van der Waals surface area contributed by atoms with Crippen LogP contribution in [0.4, 0.5) is 11.4 Å². The van der Waals surface area contributed by atoms with E-state index in [1.165, 1.54) is 6.07 Å². The van der Waals surface area contributed by atoms with Crippen LogP contribution in [-0.4, -0.2) is 36.1 Å². The molecule has 0 bridgehead atoms. The van der Waals surface area contributed by atoms with Crippen molar-refractivity contribution >= 4 is 39.9 Å². The van der Waals surface area contributed by atoms with Gasteiger partial charge >= 0.3 is 5.63 Å². The van der Waals surface area contributed by atoms with Crippen LogP contribution in [0.2, 0.25) is 0 Å². The molecule has 1 aromatic heterocycles. The Morgan fingerprint density at radius 2 is 1.55 bits per heavy atom. The van der Waals surface area contributed by atoms with Crippen molar-refractivity contribution in [1.82, 2.24) is 4.90 Å². The standard InChI is InChI=1S/C36H27N3O5/c1-38-21-27(31(40)24-19-23-13-5-10-18-30(23)44-32(24)41)35(25-14-6-8-16-28(25)37-33(35)42)36(38)26-15-7-9-17-29(26)39(34(36)43)20-22-11-3-2-4-12-22/h2-19,27H,20-21H2,1H3,(H,37,42)/t27-,35+,36+/m0/s1. The molecular formula is C36H27N3O5. The topological polar surface area (TPSA) is 99.9 Å². The molecule has 1 fully saturated rings. The first-order valence-corrected chi connectivity index (χ1v) is 14.5. The van der Waals surface area contributed by atoms with Crippen LogP contribution in [0.1, 0.15) is 27.0 Å². The van der Waals surface area contributed by atoms with Gasteiger partial charge in [-0.15, -0.1) is 0 Å². The van der Waals surface area contributed by atoms with Gasteiger partial charge in [0, 0.05) is 28.9 Å². The highest BCUT2D eigenvalue weighted by Gasteiger charge is 2.78. The molecule has 5 aromatic rings. The molecule has 4 aromatic carbocycles. The van der Waals surface area contributed by atoms with Crippen LogP contribution < -0.4 is 15.8 Å². The number of hydrogen-bond donors (Lipinski definition) is 1. The summed E-state index contributed by atoms with van der Waals surface area (Å²) in [5.74, 6) is -2.35. The second-order valence-electron chi connectivity index (χ2n) is 11.7. The summed E-state index contributed by atoms with van der Waals surface area (Å²) in [4.78, 5) is 61.4. The molecule has 216 valence electrons. The summed E-state index contributed by atoms with van der Waals surface area (Å²) in [5, 5.41) is 3.60. The molecule has 3 atom stereocenters. The third-order valence-corrected chi connectivity index (χ3v) is 9.63. The zero-order valence-electron chi connectivity index (χ0n) is 23.8. The summed E-state index contributed by atoms with van der Waals surface area (Å²) in [7, 11) is 1.78. The molecule has 2 spiro atoms. The summed E-state index contributed by atoms with van der Waals surface area (Å²) in [6, 6.07) is 32.9. The molecule has 2 amide bonds. The molecule has 0 aliphatic carbocycles. The Labute approximate surface area is 252 Å². The van der Waals surface area contributed by atoms with Crippen molar-refractivity contribution in [1.29, 1.82) is 0 Å². The van der Waals surface area contributed by atoms with Gasteiger partial charge in [0.25, 0.3) is 5.91 Å². The first-order chi connectivity index (χ1) is 21.4. The van der Waals surface area contributed by atoms with Crippen LogP contribution in [0.3, 0.4) is 0 Å². The minimum atomic E-state index is -1.67. The third-order valence-electron chi connectivity index (χ3n) is 9.63. The second kappa shape index (κ2) is 9.33. The summed E-state index contributed by atoms with van der Waals surface area (Å²) >= 11 is 0. The molecule has 8 heteroatoms. The molecule has 4 heterocycles. The monoisotopic (exact) mass is 581 g/mol. The SMILES string of the molecule is CN1C[C@@H](C(=O)c2cc3ccccc3oc2=O)[C@]2(C(=O)Nc3ccccc32)[C@@]12C(=O)N(Cc1ccccc1)c1ccccc12. The van der Waals surface area contributed by atoms with Crippen molar-refractivity contribution in [3.05, 3.63) is 142 Å². The number of fused-ring (bicyclic) bond motifs is 6. The number of anilines is 2. The highest BCUT2D eigenvalue weighted by molar-refractivity contribution is 6.21. The minimum Gasteiger partial charge on any atom is -0.422 e. The van der Waals surface area contributed by atoms with Crippen molar-refractivity contribution in [3.63, 3.8) is 0 Å². The minimum absolute atomic E-state index is 0.0616. The van der Waals surface area contributed by atoms with E-state index in [1.54, 1.807) is 42.3 Å². The van der Waals surface area contributed by atoms with Gasteiger partial charge in [-0.2, -0.15) is 0 Å². The Balaban J connectivity index is 1.39. The predicted octanol–water partition coefficient (Wildman–Crippen LogP) is 4.87. The first-order valence-electron chi connectivity index (χ1n) is 14.5. The van der Waals surface area contributed by atoms with Gasteiger partial charge in [0.15, 0.2) is 5.78 Å². The van der Waals surface area contributed by atoms with Crippen molar-refractivity contribution in [2.45, 2.75) is 17.5 Å². The Kier molecular flexibility index (Phi) is 5.58. The second-order valence-corrected chi connectivity index (χ2v) is 11.7. The maximum Gasteiger partial charge on any atom is 0.347 e. The lowest BCUT2D eigenvalue weighted by Gasteiger charge is -2.43. The number of likely N-dealkylation sites (tertiary alicyclic amines) is 1. The first kappa shape index (κ1) is 26.3. The molecule has 8 nitrogen and oxygen atoms in total. The van der Waals surface area contributed by atoms with Crippen molar-refractivity contribution < 1.29 is 18.8 Å². The van der Waals surface area contributed by atoms with Gasteiger partial charge in [0.1, 0.15) is 22.1 Å². The number of nitrogens with one attached hydrogen (secondary N) is 1. The number of likely N-dealkylation sites (N-methyl/N-ethyl adjacent to an activating group) is 1. The van der Waals surface area contributed by atoms with Crippen molar-refractivity contribution in [3.8, 4) is 0 Å². The third kappa shape index (κ3) is 3.20. The highest BCUT2D eigenvalue weighted by Crippen LogP contribution is 2.65. The summed E-state index contributed by atoms with van der Waals surface area (Å²) in [6.45, 7) is 0.352. The Morgan fingerprint density at radius 1 is 0.864 bits per heavy atom. The molecule has 0 saturated carbocycles. The molecule has 1 saturated heterocycles. The van der Waals surface area contributed by atoms with Gasteiger partial charge < -0.3 is 14.6 Å². The van der Waals surface area contributed by atoms with E-state index in [2.05, 4.69) is 5.32 Å². The van der Waals surface area contributed by atoms with E-state index in [4.69, 9.17) is 4.42 Å². The quantitative estimate of drug-likeness (QED) is 0.240. The van der Waals surface area contributed by atoms with Gasteiger partial charge in [-0.1, -0.05) is 84.9 Å². The number of amides is 2. The average Bonchev–Trinajstić information content (AvgIpc) is 3.60. The number of nitrogens with zero attached hydrogens (tertiary/aromatic N) is 2. The number of benzene rings is 4.